The van der Waals surface area contributed by atoms with Crippen LogP contribution in [0.2, 0.25) is 0 Å². The third-order valence-corrected chi connectivity index (χ3v) is 8.17. The molecule has 0 bridgehead atoms. The maximum absolute atomic E-state index is 6.45. The molecule has 0 aliphatic heterocycles. The lowest BCUT2D eigenvalue weighted by atomic mass is 10.0. The van der Waals surface area contributed by atoms with Crippen molar-refractivity contribution >= 4 is 43.7 Å². The van der Waals surface area contributed by atoms with Gasteiger partial charge >= 0.3 is 0 Å². The number of benzene rings is 5. The molecule has 0 spiro atoms. The first-order chi connectivity index (χ1) is 22.3. The first-order valence-electron chi connectivity index (χ1n) is 14.8. The van der Waals surface area contributed by atoms with E-state index in [1.54, 1.807) is 0 Å². The standard InChI is InChI=1S/C39H23N5O/c1-3-9-26(10-4-1)37-42-38(27-11-5-2-6-12-27)44-39(43-37)30-14-7-15-32-34(30)29-20-18-28(23-33(29)45-32)31-21-19-25-17-16-24-13-8-22-40-35(24)36(25)41-31/h1-23H. The second-order valence-electron chi connectivity index (χ2n) is 10.9. The summed E-state index contributed by atoms with van der Waals surface area (Å²) >= 11 is 0. The molecule has 9 aromatic rings. The summed E-state index contributed by atoms with van der Waals surface area (Å²) in [5.74, 6) is 1.84. The van der Waals surface area contributed by atoms with Gasteiger partial charge in [-0.2, -0.15) is 0 Å². The van der Waals surface area contributed by atoms with E-state index < -0.39 is 0 Å². The molecule has 0 N–H and O–H groups in total. The predicted molar refractivity (Wildman–Crippen MR) is 179 cm³/mol. The third kappa shape index (κ3) is 4.31. The van der Waals surface area contributed by atoms with Crippen LogP contribution in [0.1, 0.15) is 0 Å². The minimum absolute atomic E-state index is 0.593. The average molecular weight is 578 g/mol. The van der Waals surface area contributed by atoms with Gasteiger partial charge < -0.3 is 4.42 Å². The Balaban J connectivity index is 1.21. The molecule has 0 radical (unpaired) electrons. The predicted octanol–water partition coefficient (Wildman–Crippen LogP) is 9.54. The summed E-state index contributed by atoms with van der Waals surface area (Å²) in [4.78, 5) is 24.5. The van der Waals surface area contributed by atoms with E-state index in [1.165, 1.54) is 0 Å². The molecule has 0 unspecified atom stereocenters. The van der Waals surface area contributed by atoms with Gasteiger partial charge in [0.2, 0.25) is 0 Å². The van der Waals surface area contributed by atoms with E-state index in [-0.39, 0.29) is 0 Å². The normalized spacial score (nSPS) is 11.6. The molecular weight excluding hydrogens is 554 g/mol. The van der Waals surface area contributed by atoms with Crippen molar-refractivity contribution in [3.8, 4) is 45.4 Å². The van der Waals surface area contributed by atoms with Crippen molar-refractivity contribution in [3.05, 3.63) is 140 Å². The van der Waals surface area contributed by atoms with Crippen molar-refractivity contribution in [2.75, 3.05) is 0 Å². The van der Waals surface area contributed by atoms with Crippen LogP contribution in [0.5, 0.6) is 0 Å². The fraction of sp³-hybridized carbons (Fsp3) is 0. The Morgan fingerprint density at radius 3 is 1.89 bits per heavy atom. The minimum Gasteiger partial charge on any atom is -0.456 e. The van der Waals surface area contributed by atoms with E-state index in [4.69, 9.17) is 24.4 Å². The topological polar surface area (TPSA) is 77.6 Å². The summed E-state index contributed by atoms with van der Waals surface area (Å²) in [7, 11) is 0. The Bertz CT molecular complexity index is 2480. The summed E-state index contributed by atoms with van der Waals surface area (Å²) in [6.07, 6.45) is 1.81. The van der Waals surface area contributed by atoms with Crippen LogP contribution in [0.25, 0.3) is 89.2 Å². The van der Waals surface area contributed by atoms with E-state index >= 15 is 0 Å². The van der Waals surface area contributed by atoms with Crippen LogP contribution in [0.3, 0.4) is 0 Å². The Kier molecular flexibility index (Phi) is 5.71. The molecule has 9 rings (SSSR count). The molecule has 0 amide bonds. The molecule has 45 heavy (non-hydrogen) atoms. The Hall–Kier alpha value is -6.27. The highest BCUT2D eigenvalue weighted by Gasteiger charge is 2.18. The van der Waals surface area contributed by atoms with Crippen LogP contribution in [0.4, 0.5) is 0 Å². The van der Waals surface area contributed by atoms with Gasteiger partial charge in [-0.25, -0.2) is 19.9 Å². The molecular formula is C39H23N5O. The summed E-state index contributed by atoms with van der Waals surface area (Å²) in [5, 5.41) is 4.07. The molecule has 0 saturated heterocycles. The molecule has 0 fully saturated rings. The van der Waals surface area contributed by atoms with E-state index in [0.29, 0.717) is 17.5 Å². The van der Waals surface area contributed by atoms with Gasteiger partial charge in [-0.15, -0.1) is 0 Å². The van der Waals surface area contributed by atoms with E-state index in [9.17, 15) is 0 Å². The Morgan fingerprint density at radius 1 is 0.444 bits per heavy atom. The van der Waals surface area contributed by atoms with Crippen LogP contribution >= 0.6 is 0 Å². The highest BCUT2D eigenvalue weighted by molar-refractivity contribution is 6.12. The lowest BCUT2D eigenvalue weighted by Gasteiger charge is -2.09. The number of pyridine rings is 2. The molecule has 4 aromatic heterocycles. The zero-order valence-electron chi connectivity index (χ0n) is 23.9. The summed E-state index contributed by atoms with van der Waals surface area (Å²) < 4.78 is 6.45. The Labute approximate surface area is 257 Å². The third-order valence-electron chi connectivity index (χ3n) is 8.17. The van der Waals surface area contributed by atoms with Crippen molar-refractivity contribution in [2.45, 2.75) is 0 Å². The first kappa shape index (κ1) is 25.2. The number of furan rings is 1. The highest BCUT2D eigenvalue weighted by Crippen LogP contribution is 2.38. The van der Waals surface area contributed by atoms with Gasteiger partial charge in [0.25, 0.3) is 0 Å². The first-order valence-corrected chi connectivity index (χ1v) is 14.8. The second kappa shape index (κ2) is 10.2. The number of hydrogen-bond donors (Lipinski definition) is 0. The lowest BCUT2D eigenvalue weighted by molar-refractivity contribution is 0.669. The van der Waals surface area contributed by atoms with Crippen molar-refractivity contribution in [3.63, 3.8) is 0 Å². The summed E-state index contributed by atoms with van der Waals surface area (Å²) in [6, 6.07) is 44.6. The second-order valence-corrected chi connectivity index (χ2v) is 10.9. The van der Waals surface area contributed by atoms with Gasteiger partial charge in [0.15, 0.2) is 17.5 Å². The SMILES string of the molecule is c1ccc(-c2nc(-c3ccccc3)nc(-c3cccc4oc5cc(-c6ccc7ccc8cccnc8c7n6)ccc5c34)n2)cc1. The van der Waals surface area contributed by atoms with Crippen LogP contribution in [0, 0.1) is 0 Å². The average Bonchev–Trinajstić information content (AvgIpc) is 3.50. The van der Waals surface area contributed by atoms with Crippen LogP contribution in [-0.4, -0.2) is 24.9 Å². The number of aromatic nitrogens is 5. The fourth-order valence-electron chi connectivity index (χ4n) is 5.98. The summed E-state index contributed by atoms with van der Waals surface area (Å²) in [5.41, 5.74) is 7.90. The van der Waals surface area contributed by atoms with Gasteiger partial charge in [-0.3, -0.25) is 4.98 Å². The number of rotatable bonds is 4. The zero-order chi connectivity index (χ0) is 29.7. The Morgan fingerprint density at radius 2 is 1.13 bits per heavy atom. The molecule has 0 aliphatic rings. The minimum atomic E-state index is 0.593. The molecule has 6 nitrogen and oxygen atoms in total. The van der Waals surface area contributed by atoms with Crippen LogP contribution < -0.4 is 0 Å². The number of nitrogens with zero attached hydrogens (tertiary/aromatic N) is 5. The van der Waals surface area contributed by atoms with Crippen LogP contribution in [-0.2, 0) is 0 Å². The van der Waals surface area contributed by atoms with Crippen molar-refractivity contribution in [1.82, 2.24) is 24.9 Å². The van der Waals surface area contributed by atoms with Gasteiger partial charge in [0, 0.05) is 50.0 Å². The largest absolute Gasteiger partial charge is 0.456 e. The molecule has 0 atom stereocenters. The lowest BCUT2D eigenvalue weighted by Crippen LogP contribution is -2.00. The molecule has 0 saturated carbocycles. The highest BCUT2D eigenvalue weighted by atomic mass is 16.3. The molecule has 210 valence electrons. The zero-order valence-corrected chi connectivity index (χ0v) is 23.9. The molecule has 5 aromatic carbocycles. The number of hydrogen-bond acceptors (Lipinski definition) is 6. The van der Waals surface area contributed by atoms with E-state index in [2.05, 4.69) is 47.4 Å². The van der Waals surface area contributed by atoms with E-state index in [1.807, 2.05) is 97.2 Å². The summed E-state index contributed by atoms with van der Waals surface area (Å²) in [6.45, 7) is 0. The maximum Gasteiger partial charge on any atom is 0.164 e. The molecule has 0 aliphatic carbocycles. The maximum atomic E-state index is 6.45. The van der Waals surface area contributed by atoms with Gasteiger partial charge in [0.1, 0.15) is 11.2 Å². The van der Waals surface area contributed by atoms with E-state index in [0.717, 1.165) is 71.7 Å². The van der Waals surface area contributed by atoms with Crippen molar-refractivity contribution in [2.24, 2.45) is 0 Å². The quantitative estimate of drug-likeness (QED) is 0.194. The fourth-order valence-corrected chi connectivity index (χ4v) is 5.98. The molecule has 6 heteroatoms. The van der Waals surface area contributed by atoms with Gasteiger partial charge in [-0.1, -0.05) is 103 Å². The monoisotopic (exact) mass is 577 g/mol. The van der Waals surface area contributed by atoms with Crippen molar-refractivity contribution in [1.29, 1.82) is 0 Å². The van der Waals surface area contributed by atoms with Gasteiger partial charge in [0.05, 0.1) is 16.7 Å². The van der Waals surface area contributed by atoms with Gasteiger partial charge in [-0.05, 0) is 30.3 Å². The smallest absolute Gasteiger partial charge is 0.164 e. The molecule has 4 heterocycles. The van der Waals surface area contributed by atoms with Crippen LogP contribution in [0.15, 0.2) is 144 Å². The number of fused-ring (bicyclic) bond motifs is 6. The van der Waals surface area contributed by atoms with Crippen molar-refractivity contribution < 1.29 is 4.42 Å².